The van der Waals surface area contributed by atoms with Gasteiger partial charge in [0.2, 0.25) is 5.91 Å². The van der Waals surface area contributed by atoms with Gasteiger partial charge < -0.3 is 4.74 Å². The number of hydrazine groups is 1. The molecule has 0 aromatic heterocycles. The Morgan fingerprint density at radius 2 is 1.92 bits per heavy atom. The van der Waals surface area contributed by atoms with Crippen molar-refractivity contribution in [2.75, 3.05) is 0 Å². The Bertz CT molecular complexity index is 739. The lowest BCUT2D eigenvalue weighted by Crippen LogP contribution is -2.47. The molecule has 0 fully saturated rings. The largest absolute Gasteiger partial charge is 0.481 e. The second kappa shape index (κ2) is 8.44. The lowest BCUT2D eigenvalue weighted by molar-refractivity contribution is -0.132. The van der Waals surface area contributed by atoms with Crippen molar-refractivity contribution >= 4 is 27.7 Å². The zero-order valence-corrected chi connectivity index (χ0v) is 14.5. The molecule has 0 radical (unpaired) electrons. The van der Waals surface area contributed by atoms with E-state index in [4.69, 9.17) is 4.74 Å². The molecule has 7 heteroatoms. The lowest BCUT2D eigenvalue weighted by atomic mass is 10.1. The summed E-state index contributed by atoms with van der Waals surface area (Å²) in [6, 6.07) is 13.0. The van der Waals surface area contributed by atoms with Crippen LogP contribution in [0.3, 0.4) is 0 Å². The molecule has 0 aliphatic rings. The molecule has 0 aliphatic heterocycles. The summed E-state index contributed by atoms with van der Waals surface area (Å²) in [7, 11) is 0. The second-order valence-corrected chi connectivity index (χ2v) is 5.94. The molecular weight excluding hydrogens is 379 g/mol. The molecule has 0 bridgehead atoms. The zero-order chi connectivity index (χ0) is 17.5. The van der Waals surface area contributed by atoms with Crippen molar-refractivity contribution in [2.45, 2.75) is 19.4 Å². The average molecular weight is 395 g/mol. The first kappa shape index (κ1) is 17.9. The number of hydrogen-bond donors (Lipinski definition) is 2. The van der Waals surface area contributed by atoms with Gasteiger partial charge in [-0.3, -0.25) is 20.4 Å². The first-order valence-corrected chi connectivity index (χ1v) is 7.99. The highest BCUT2D eigenvalue weighted by Gasteiger charge is 2.16. The van der Waals surface area contributed by atoms with Gasteiger partial charge in [0.25, 0.3) is 5.91 Å². The number of amides is 2. The molecule has 1 atom stereocenters. The van der Waals surface area contributed by atoms with Gasteiger partial charge in [0.05, 0.1) is 6.42 Å². The molecule has 0 aliphatic carbocycles. The molecule has 2 aromatic rings. The van der Waals surface area contributed by atoms with Gasteiger partial charge in [0.15, 0.2) is 6.10 Å². The van der Waals surface area contributed by atoms with Crippen LogP contribution in [0.2, 0.25) is 0 Å². The molecule has 2 rings (SSSR count). The summed E-state index contributed by atoms with van der Waals surface area (Å²) in [6.45, 7) is 1.55. The lowest BCUT2D eigenvalue weighted by Gasteiger charge is -2.15. The highest BCUT2D eigenvalue weighted by Crippen LogP contribution is 2.18. The highest BCUT2D eigenvalue weighted by atomic mass is 79.9. The van der Waals surface area contributed by atoms with Crippen molar-refractivity contribution in [3.8, 4) is 5.75 Å². The molecule has 0 heterocycles. The molecule has 126 valence electrons. The monoisotopic (exact) mass is 394 g/mol. The number of carbonyl (C=O) groups is 2. The van der Waals surface area contributed by atoms with Crippen LogP contribution in [0, 0.1) is 5.82 Å². The fourth-order valence-electron chi connectivity index (χ4n) is 1.89. The number of hydrogen-bond acceptors (Lipinski definition) is 3. The Hall–Kier alpha value is -2.41. The third kappa shape index (κ3) is 5.34. The first-order valence-electron chi connectivity index (χ1n) is 7.20. The fraction of sp³-hybridized carbons (Fsp3) is 0.176. The van der Waals surface area contributed by atoms with Crippen molar-refractivity contribution in [3.63, 3.8) is 0 Å². The van der Waals surface area contributed by atoms with Crippen LogP contribution >= 0.6 is 15.9 Å². The van der Waals surface area contributed by atoms with Gasteiger partial charge in [-0.05, 0) is 36.8 Å². The van der Waals surface area contributed by atoms with E-state index in [0.29, 0.717) is 5.75 Å². The van der Waals surface area contributed by atoms with Crippen molar-refractivity contribution in [2.24, 2.45) is 0 Å². The van der Waals surface area contributed by atoms with Crippen LogP contribution in [0.5, 0.6) is 5.75 Å². The maximum atomic E-state index is 13.5. The van der Waals surface area contributed by atoms with Crippen LogP contribution in [0.4, 0.5) is 4.39 Å². The maximum Gasteiger partial charge on any atom is 0.279 e. The van der Waals surface area contributed by atoms with E-state index in [1.54, 1.807) is 37.3 Å². The van der Waals surface area contributed by atoms with Crippen LogP contribution < -0.4 is 15.6 Å². The van der Waals surface area contributed by atoms with Gasteiger partial charge in [-0.15, -0.1) is 0 Å². The molecule has 2 aromatic carbocycles. The summed E-state index contributed by atoms with van der Waals surface area (Å²) in [6.07, 6.45) is -0.985. The molecule has 0 unspecified atom stereocenters. The smallest absolute Gasteiger partial charge is 0.279 e. The van der Waals surface area contributed by atoms with Crippen LogP contribution in [-0.2, 0) is 16.0 Å². The number of carbonyl (C=O) groups excluding carboxylic acids is 2. The van der Waals surface area contributed by atoms with Crippen LogP contribution in [-0.4, -0.2) is 17.9 Å². The third-order valence-corrected chi connectivity index (χ3v) is 3.61. The van der Waals surface area contributed by atoms with Gasteiger partial charge >= 0.3 is 0 Å². The van der Waals surface area contributed by atoms with Crippen molar-refractivity contribution in [1.29, 1.82) is 0 Å². The summed E-state index contributed by atoms with van der Waals surface area (Å²) in [5, 5.41) is 0. The minimum absolute atomic E-state index is 0.173. The van der Waals surface area contributed by atoms with Crippen molar-refractivity contribution in [3.05, 3.63) is 64.4 Å². The molecule has 0 saturated carbocycles. The Morgan fingerprint density at radius 1 is 1.17 bits per heavy atom. The van der Waals surface area contributed by atoms with Gasteiger partial charge in [-0.2, -0.15) is 0 Å². The first-order chi connectivity index (χ1) is 11.5. The van der Waals surface area contributed by atoms with Crippen molar-refractivity contribution < 1.29 is 18.7 Å². The minimum atomic E-state index is -0.812. The Morgan fingerprint density at radius 3 is 2.62 bits per heavy atom. The summed E-state index contributed by atoms with van der Waals surface area (Å²) >= 11 is 3.31. The number of nitrogens with one attached hydrogen (secondary N) is 2. The normalized spacial score (nSPS) is 11.5. The number of halogens is 2. The standard InChI is InChI=1S/C17H16BrFN2O3/c1-11(24-14-7-4-6-13(18)10-14)17(23)21-20-16(22)9-12-5-2-3-8-15(12)19/h2-8,10-11H,9H2,1H3,(H,20,22)(H,21,23)/t11-/m1/s1. The number of rotatable bonds is 5. The molecule has 0 spiro atoms. The third-order valence-electron chi connectivity index (χ3n) is 3.11. The summed E-state index contributed by atoms with van der Waals surface area (Å²) in [5.74, 6) is -0.991. The van der Waals surface area contributed by atoms with E-state index >= 15 is 0 Å². The molecule has 5 nitrogen and oxygen atoms in total. The van der Waals surface area contributed by atoms with E-state index in [2.05, 4.69) is 26.8 Å². The topological polar surface area (TPSA) is 67.4 Å². The fourth-order valence-corrected chi connectivity index (χ4v) is 2.27. The minimum Gasteiger partial charge on any atom is -0.481 e. The Kier molecular flexibility index (Phi) is 6.31. The van der Waals surface area contributed by atoms with Crippen LogP contribution in [0.1, 0.15) is 12.5 Å². The van der Waals surface area contributed by atoms with E-state index in [1.807, 2.05) is 6.07 Å². The van der Waals surface area contributed by atoms with Gasteiger partial charge in [0.1, 0.15) is 11.6 Å². The van der Waals surface area contributed by atoms with E-state index in [9.17, 15) is 14.0 Å². The van der Waals surface area contributed by atoms with E-state index < -0.39 is 23.7 Å². The molecular formula is C17H16BrFN2O3. The Balaban J connectivity index is 1.81. The quantitative estimate of drug-likeness (QED) is 0.766. The molecule has 2 N–H and O–H groups in total. The average Bonchev–Trinajstić information content (AvgIpc) is 2.54. The number of benzene rings is 2. The predicted octanol–water partition coefficient (Wildman–Crippen LogP) is 2.75. The van der Waals surface area contributed by atoms with Crippen molar-refractivity contribution in [1.82, 2.24) is 10.9 Å². The SMILES string of the molecule is C[C@@H](Oc1cccc(Br)c1)C(=O)NNC(=O)Cc1ccccc1F. The Labute approximate surface area is 147 Å². The van der Waals surface area contributed by atoms with Crippen LogP contribution in [0.15, 0.2) is 53.0 Å². The zero-order valence-electron chi connectivity index (χ0n) is 12.9. The summed E-state index contributed by atoms with van der Waals surface area (Å²) in [5.41, 5.74) is 4.75. The van der Waals surface area contributed by atoms with E-state index in [1.165, 1.54) is 12.1 Å². The molecule has 0 saturated heterocycles. The van der Waals surface area contributed by atoms with Crippen LogP contribution in [0.25, 0.3) is 0 Å². The van der Waals surface area contributed by atoms with E-state index in [-0.39, 0.29) is 12.0 Å². The maximum absolute atomic E-state index is 13.5. The molecule has 2 amide bonds. The second-order valence-electron chi connectivity index (χ2n) is 5.02. The van der Waals surface area contributed by atoms with E-state index in [0.717, 1.165) is 4.47 Å². The number of ether oxygens (including phenoxy) is 1. The molecule has 24 heavy (non-hydrogen) atoms. The highest BCUT2D eigenvalue weighted by molar-refractivity contribution is 9.10. The van der Waals surface area contributed by atoms with Gasteiger partial charge in [0, 0.05) is 4.47 Å². The predicted molar refractivity (Wildman–Crippen MR) is 90.6 cm³/mol. The summed E-state index contributed by atoms with van der Waals surface area (Å²) < 4.78 is 19.8. The van der Waals surface area contributed by atoms with Gasteiger partial charge in [-0.25, -0.2) is 4.39 Å². The summed E-state index contributed by atoms with van der Waals surface area (Å²) in [4.78, 5) is 23.7. The van der Waals surface area contributed by atoms with Gasteiger partial charge in [-0.1, -0.05) is 40.2 Å².